The van der Waals surface area contributed by atoms with Gasteiger partial charge in [0, 0.05) is 12.1 Å². The van der Waals surface area contributed by atoms with Gasteiger partial charge in [-0.2, -0.15) is 0 Å². The lowest BCUT2D eigenvalue weighted by atomic mass is 10.1. The number of carboxylic acid groups (broad SMARTS) is 1. The fourth-order valence-corrected chi connectivity index (χ4v) is 3.04. The molecule has 0 radical (unpaired) electrons. The molecule has 0 amide bonds. The number of carboxylic acids is 1. The molecule has 146 valence electrons. The van der Waals surface area contributed by atoms with E-state index in [0.717, 1.165) is 0 Å². The van der Waals surface area contributed by atoms with Crippen LogP contribution in [0.15, 0.2) is 54.6 Å². The Bertz CT molecular complexity index is 1030. The van der Waals surface area contributed by atoms with Crippen molar-refractivity contribution in [1.29, 1.82) is 0 Å². The molecule has 0 aromatic heterocycles. The van der Waals surface area contributed by atoms with E-state index in [9.17, 15) is 9.90 Å². The molecule has 0 atom stereocenters. The first-order valence-corrected chi connectivity index (χ1v) is 8.70. The van der Waals surface area contributed by atoms with Crippen molar-refractivity contribution in [3.05, 3.63) is 60.2 Å². The van der Waals surface area contributed by atoms with Crippen LogP contribution in [-0.2, 0) is 0 Å². The topological polar surface area (TPSA) is 97.0 Å². The smallest absolute Gasteiger partial charge is 0.456 e. The molecule has 2 heterocycles. The first kappa shape index (κ1) is 17.1. The van der Waals surface area contributed by atoms with Crippen LogP contribution in [-0.4, -0.2) is 29.5 Å². The van der Waals surface area contributed by atoms with Crippen molar-refractivity contribution in [2.75, 3.05) is 13.6 Å². The van der Waals surface area contributed by atoms with E-state index in [4.69, 9.17) is 28.4 Å². The number of benzene rings is 3. The predicted molar refractivity (Wildman–Crippen MR) is 100 cm³/mol. The third-order valence-electron chi connectivity index (χ3n) is 4.36. The molecule has 8 nitrogen and oxygen atoms in total. The van der Waals surface area contributed by atoms with Gasteiger partial charge in [0.15, 0.2) is 34.5 Å². The molecule has 3 aromatic rings. The second-order valence-electron chi connectivity index (χ2n) is 6.19. The highest BCUT2D eigenvalue weighted by molar-refractivity contribution is 5.95. The predicted octanol–water partition coefficient (Wildman–Crippen LogP) is 4.14. The molecule has 0 saturated heterocycles. The summed E-state index contributed by atoms with van der Waals surface area (Å²) < 4.78 is 32.9. The van der Waals surface area contributed by atoms with Crippen LogP contribution < -0.4 is 28.4 Å². The van der Waals surface area contributed by atoms with Gasteiger partial charge in [-0.05, 0) is 36.4 Å². The molecule has 2 aliphatic heterocycles. The van der Waals surface area contributed by atoms with Gasteiger partial charge >= 0.3 is 5.97 Å². The van der Waals surface area contributed by atoms with E-state index in [1.165, 1.54) is 0 Å². The lowest BCUT2D eigenvalue weighted by molar-refractivity contribution is 0.173. The highest BCUT2D eigenvalue weighted by atomic mass is 16.7. The zero-order valence-corrected chi connectivity index (χ0v) is 15.0. The van der Waals surface area contributed by atoms with Gasteiger partial charge in [0.25, 0.3) is 0 Å². The first-order chi connectivity index (χ1) is 14.2. The summed E-state index contributed by atoms with van der Waals surface area (Å²) in [6, 6.07) is 15.0. The average Bonchev–Trinajstić information content (AvgIpc) is 3.36. The number of aromatic carboxylic acids is 1. The van der Waals surface area contributed by atoms with E-state index in [1.807, 2.05) is 0 Å². The van der Waals surface area contributed by atoms with Gasteiger partial charge in [0.05, 0.1) is 0 Å². The molecule has 5 rings (SSSR count). The summed E-state index contributed by atoms with van der Waals surface area (Å²) in [6.45, 7) is 0.294. The van der Waals surface area contributed by atoms with Crippen molar-refractivity contribution < 1.29 is 38.3 Å². The maximum absolute atomic E-state index is 9.87. The molecular formula is C21H15O8+. The Morgan fingerprint density at radius 2 is 1.21 bits per heavy atom. The van der Waals surface area contributed by atoms with Gasteiger partial charge in [-0.1, -0.05) is 6.07 Å². The summed E-state index contributed by atoms with van der Waals surface area (Å²) in [5.74, 6) is 2.68. The summed E-state index contributed by atoms with van der Waals surface area (Å²) in [7, 11) is 0. The number of hydrogen-bond donors (Lipinski definition) is 1. The molecular weight excluding hydrogens is 380 g/mol. The van der Waals surface area contributed by atoms with Gasteiger partial charge in [-0.3, -0.25) is 0 Å². The summed E-state index contributed by atoms with van der Waals surface area (Å²) in [5.41, 5.74) is 0.00262. The summed E-state index contributed by atoms with van der Waals surface area (Å²) in [6.07, 6.45) is 0. The molecule has 0 bridgehead atoms. The average molecular weight is 395 g/mol. The Kier molecular flexibility index (Phi) is 4.02. The molecule has 3 aromatic carbocycles. The van der Waals surface area contributed by atoms with Gasteiger partial charge in [-0.25, -0.2) is 0 Å². The molecule has 0 unspecified atom stereocenters. The fraction of sp³-hybridized carbons (Fsp3) is 0.0952. The molecule has 2 N–H and O–H groups in total. The van der Waals surface area contributed by atoms with Gasteiger partial charge in [-0.15, -0.1) is 0 Å². The third-order valence-corrected chi connectivity index (χ3v) is 4.36. The summed E-state index contributed by atoms with van der Waals surface area (Å²) in [5, 5.41) is 9.87. The Balaban J connectivity index is 1.46. The van der Waals surface area contributed by atoms with Crippen molar-refractivity contribution in [2.24, 2.45) is 0 Å². The highest BCUT2D eigenvalue weighted by Gasteiger charge is 2.26. The normalized spacial score (nSPS) is 13.2. The van der Waals surface area contributed by atoms with Crippen LogP contribution in [0.1, 0.15) is 5.56 Å². The van der Waals surface area contributed by atoms with Crippen molar-refractivity contribution in [1.82, 2.24) is 0 Å². The van der Waals surface area contributed by atoms with E-state index in [0.29, 0.717) is 34.5 Å². The van der Waals surface area contributed by atoms with Crippen LogP contribution >= 0.6 is 0 Å². The first-order valence-electron chi connectivity index (χ1n) is 8.70. The van der Waals surface area contributed by atoms with Gasteiger partial charge in [0.1, 0.15) is 11.5 Å². The van der Waals surface area contributed by atoms with Crippen LogP contribution in [0.5, 0.6) is 46.0 Å². The highest BCUT2D eigenvalue weighted by Crippen LogP contribution is 2.41. The van der Waals surface area contributed by atoms with Crippen molar-refractivity contribution in [2.45, 2.75) is 0 Å². The molecule has 8 heteroatoms. The van der Waals surface area contributed by atoms with E-state index in [2.05, 4.69) is 0 Å². The van der Waals surface area contributed by atoms with Crippen molar-refractivity contribution >= 4 is 5.97 Å². The lowest BCUT2D eigenvalue weighted by Gasteiger charge is -2.12. The zero-order valence-electron chi connectivity index (χ0n) is 15.0. The molecule has 0 spiro atoms. The van der Waals surface area contributed by atoms with Crippen molar-refractivity contribution in [3.8, 4) is 46.0 Å². The van der Waals surface area contributed by atoms with E-state index < -0.39 is 5.97 Å². The van der Waals surface area contributed by atoms with Crippen LogP contribution in [0.25, 0.3) is 0 Å². The van der Waals surface area contributed by atoms with Crippen LogP contribution in [0.3, 0.4) is 0 Å². The number of aliphatic hydroxyl groups excluding tert-OH is 1. The second kappa shape index (κ2) is 6.83. The third kappa shape index (κ3) is 3.20. The maximum Gasteiger partial charge on any atom is 0.523 e. The monoisotopic (exact) mass is 395 g/mol. The number of ether oxygens (including phenoxy) is 6. The largest absolute Gasteiger partial charge is 0.523 e. The van der Waals surface area contributed by atoms with Crippen molar-refractivity contribution in [3.63, 3.8) is 0 Å². The zero-order chi connectivity index (χ0) is 19.8. The van der Waals surface area contributed by atoms with E-state index >= 15 is 0 Å². The van der Waals surface area contributed by atoms with Crippen LogP contribution in [0, 0.1) is 0 Å². The number of hydrogen-bond acceptors (Lipinski definition) is 6. The van der Waals surface area contributed by atoms with E-state index in [-0.39, 0.29) is 30.6 Å². The summed E-state index contributed by atoms with van der Waals surface area (Å²) >= 11 is 0. The molecule has 29 heavy (non-hydrogen) atoms. The molecule has 0 aliphatic carbocycles. The Labute approximate surface area is 164 Å². The number of rotatable bonds is 5. The standard InChI is InChI=1S/C21H14O8/c22-21(23)20-16(28-12-4-6-14-18(8-12)26-10-24-14)2-1-3-17(20)29-13-5-7-15-19(9-13)27-11-25-15/h1-9H,10-11H2,(H,22,23)/p+1. The molecule has 0 fully saturated rings. The minimum atomic E-state index is -0.933. The van der Waals surface area contributed by atoms with Crippen LogP contribution in [0.4, 0.5) is 0 Å². The minimum absolute atomic E-state index is 0.00262. The SMILES string of the molecule is OC(=[OH+])c1c(Oc2ccc3c(c2)OCO3)cccc1Oc1ccc2c(c1)OCO2. The Morgan fingerprint density at radius 1 is 0.724 bits per heavy atom. The van der Waals surface area contributed by atoms with Gasteiger partial charge in [0.2, 0.25) is 19.1 Å². The molecule has 2 aliphatic rings. The second-order valence-corrected chi connectivity index (χ2v) is 6.19. The fourth-order valence-electron chi connectivity index (χ4n) is 3.04. The lowest BCUT2D eigenvalue weighted by Crippen LogP contribution is -2.04. The quantitative estimate of drug-likeness (QED) is 0.649. The Morgan fingerprint density at radius 3 is 1.69 bits per heavy atom. The minimum Gasteiger partial charge on any atom is -0.456 e. The van der Waals surface area contributed by atoms with Gasteiger partial charge < -0.3 is 38.3 Å². The maximum atomic E-state index is 9.87. The number of fused-ring (bicyclic) bond motifs is 2. The summed E-state index contributed by atoms with van der Waals surface area (Å²) in [4.78, 5) is 9.87. The van der Waals surface area contributed by atoms with Crippen LogP contribution in [0.2, 0.25) is 0 Å². The van der Waals surface area contributed by atoms with E-state index in [1.54, 1.807) is 54.6 Å². The molecule has 0 saturated carbocycles. The Hall–Kier alpha value is -4.07.